The monoisotopic (exact) mass is 1390 g/mol. The van der Waals surface area contributed by atoms with Crippen molar-refractivity contribution in [3.63, 3.8) is 0 Å². The molecule has 0 aliphatic carbocycles. The van der Waals surface area contributed by atoms with E-state index in [0.717, 1.165) is 64.2 Å². The number of amides is 1. The van der Waals surface area contributed by atoms with Gasteiger partial charge in [0.05, 0.1) is 32.0 Å². The van der Waals surface area contributed by atoms with Crippen LogP contribution in [0, 0.1) is 0 Å². The Bertz CT molecular complexity index is 1830. The summed E-state index contributed by atoms with van der Waals surface area (Å²) in [5.74, 6) is -0.173. The second kappa shape index (κ2) is 76.5. The lowest BCUT2D eigenvalue weighted by atomic mass is 9.99. The molecule has 0 spiro atoms. The predicted octanol–water partition coefficient (Wildman–Crippen LogP) is 24.0. The number of esters is 1. The van der Waals surface area contributed by atoms with Gasteiger partial charge >= 0.3 is 5.97 Å². The predicted molar refractivity (Wildman–Crippen MR) is 421 cm³/mol. The van der Waals surface area contributed by atoms with Crippen LogP contribution >= 0.6 is 0 Å². The topological polar surface area (TPSA) is 175 Å². The van der Waals surface area contributed by atoms with Crippen molar-refractivity contribution in [1.82, 2.24) is 5.32 Å². The minimum atomic E-state index is -1.58. The molecule has 7 atom stereocenters. The van der Waals surface area contributed by atoms with Gasteiger partial charge in [0.2, 0.25) is 5.91 Å². The average molecular weight is 1400 g/mol. The molecule has 580 valence electrons. The highest BCUT2D eigenvalue weighted by molar-refractivity contribution is 5.76. The third-order valence-electron chi connectivity index (χ3n) is 20.3. The molecule has 1 fully saturated rings. The van der Waals surface area contributed by atoms with Gasteiger partial charge in [-0.05, 0) is 103 Å². The number of unbranched alkanes of at least 4 members (excludes halogenated alkanes) is 55. The lowest BCUT2D eigenvalue weighted by Crippen LogP contribution is -2.60. The van der Waals surface area contributed by atoms with E-state index < -0.39 is 49.5 Å². The normalized spacial score (nSPS) is 17.4. The van der Waals surface area contributed by atoms with Crippen molar-refractivity contribution in [3.05, 3.63) is 60.8 Å². The van der Waals surface area contributed by atoms with Gasteiger partial charge in [-0.1, -0.05) is 370 Å². The maximum atomic E-state index is 13.1. The van der Waals surface area contributed by atoms with Crippen molar-refractivity contribution < 1.29 is 49.3 Å². The first-order chi connectivity index (χ1) is 48.7. The van der Waals surface area contributed by atoms with Crippen molar-refractivity contribution in [3.8, 4) is 0 Å². The zero-order chi connectivity index (χ0) is 71.5. The van der Waals surface area contributed by atoms with Crippen LogP contribution in [0.4, 0.5) is 0 Å². The standard InChI is InChI=1S/C88H163NO10/c1-3-5-7-9-11-13-15-17-18-19-41-45-48-52-56-60-64-68-72-76-84(93)97-77-73-69-65-61-57-53-49-46-43-40-38-36-34-32-30-28-26-24-22-20-21-23-25-27-29-31-33-35-37-39-42-44-47-51-55-59-63-67-71-75-83(92)89-80(79-98-88-87(96)86(95)85(94)82(78-90)99-88)81(91)74-70-66-62-58-54-50-16-14-12-10-8-6-4-2/h17-18,20-21,24,26,54,58,70,74,80-82,85-88,90-91,94-96H,3-16,19,22-23,25,27-53,55-57,59-69,71-73,75-79H2,1-2H3,(H,89,92)/b18-17-,21-20-,26-24-,58-54+,74-70+. The third-order valence-corrected chi connectivity index (χ3v) is 20.3. The number of hydrogen-bond donors (Lipinski definition) is 6. The van der Waals surface area contributed by atoms with Gasteiger partial charge in [-0.2, -0.15) is 0 Å². The summed E-state index contributed by atoms with van der Waals surface area (Å²) in [6, 6.07) is -0.826. The zero-order valence-corrected chi connectivity index (χ0v) is 65.0. The fourth-order valence-electron chi connectivity index (χ4n) is 13.6. The van der Waals surface area contributed by atoms with Crippen LogP contribution < -0.4 is 5.32 Å². The van der Waals surface area contributed by atoms with Crippen molar-refractivity contribution in [2.75, 3.05) is 19.8 Å². The number of rotatable bonds is 77. The lowest BCUT2D eigenvalue weighted by Gasteiger charge is -2.40. The summed E-state index contributed by atoms with van der Waals surface area (Å²) in [4.78, 5) is 25.2. The molecule has 1 amide bonds. The molecule has 1 aliphatic heterocycles. The molecule has 1 rings (SSSR count). The zero-order valence-electron chi connectivity index (χ0n) is 65.0. The van der Waals surface area contributed by atoms with Crippen LogP contribution in [0.5, 0.6) is 0 Å². The quantitative estimate of drug-likeness (QED) is 0.0195. The van der Waals surface area contributed by atoms with E-state index in [1.807, 2.05) is 6.08 Å². The molecule has 1 saturated heterocycles. The first kappa shape index (κ1) is 94.4. The minimum absolute atomic E-state index is 0.0145. The fourth-order valence-corrected chi connectivity index (χ4v) is 13.6. The van der Waals surface area contributed by atoms with E-state index in [2.05, 4.69) is 67.8 Å². The lowest BCUT2D eigenvalue weighted by molar-refractivity contribution is -0.302. The number of aliphatic hydroxyl groups excluding tert-OH is 5. The molecule has 0 aromatic carbocycles. The summed E-state index contributed by atoms with van der Waals surface area (Å²) in [6.07, 6.45) is 94.2. The first-order valence-electron chi connectivity index (χ1n) is 43.1. The van der Waals surface area contributed by atoms with E-state index in [9.17, 15) is 35.1 Å². The number of carbonyl (C=O) groups excluding carboxylic acids is 2. The highest BCUT2D eigenvalue weighted by Crippen LogP contribution is 2.24. The summed E-state index contributed by atoms with van der Waals surface area (Å²) in [6.45, 7) is 4.37. The number of nitrogens with one attached hydrogen (secondary N) is 1. The van der Waals surface area contributed by atoms with Crippen molar-refractivity contribution in [1.29, 1.82) is 0 Å². The van der Waals surface area contributed by atoms with Crippen LogP contribution in [0.1, 0.15) is 425 Å². The Morgan fingerprint density at radius 1 is 0.374 bits per heavy atom. The number of hydrogen-bond acceptors (Lipinski definition) is 10. The van der Waals surface area contributed by atoms with Gasteiger partial charge in [0.15, 0.2) is 6.29 Å². The smallest absolute Gasteiger partial charge is 0.305 e. The van der Waals surface area contributed by atoms with Crippen molar-refractivity contribution >= 4 is 11.9 Å². The van der Waals surface area contributed by atoms with Crippen LogP contribution in [0.25, 0.3) is 0 Å². The summed E-state index contributed by atoms with van der Waals surface area (Å²) < 4.78 is 16.8. The van der Waals surface area contributed by atoms with Gasteiger partial charge in [0.1, 0.15) is 24.4 Å². The fraction of sp³-hybridized carbons (Fsp3) is 0.864. The molecule has 0 aromatic heterocycles. The van der Waals surface area contributed by atoms with E-state index >= 15 is 0 Å². The highest BCUT2D eigenvalue weighted by Gasteiger charge is 2.44. The Morgan fingerprint density at radius 3 is 1.06 bits per heavy atom. The number of carbonyl (C=O) groups is 2. The van der Waals surface area contributed by atoms with Gasteiger partial charge in [0.25, 0.3) is 0 Å². The van der Waals surface area contributed by atoms with Gasteiger partial charge in [-0.3, -0.25) is 9.59 Å². The second-order valence-electron chi connectivity index (χ2n) is 29.9. The van der Waals surface area contributed by atoms with Crippen LogP contribution in [0.3, 0.4) is 0 Å². The van der Waals surface area contributed by atoms with Crippen molar-refractivity contribution in [2.24, 2.45) is 0 Å². The number of aliphatic hydroxyl groups is 5. The molecule has 0 aromatic rings. The van der Waals surface area contributed by atoms with Crippen molar-refractivity contribution in [2.45, 2.75) is 468 Å². The SMILES string of the molecule is CCCCCCCC/C=C\CCCCCCCCCCCC(=O)OCCCCCCCCCCCCCCCCC/C=C\C/C=C\CCCCCCCCCCCCCCCCCCCC(=O)NC(COC1OC(CO)C(O)C(O)C1O)C(O)/C=C/CC/C=C/CCCCCCCCC. The van der Waals surface area contributed by atoms with Crippen LogP contribution in [-0.4, -0.2) is 100 Å². The number of allylic oxidation sites excluding steroid dienone is 9. The van der Waals surface area contributed by atoms with E-state index in [4.69, 9.17) is 14.2 Å². The average Bonchev–Trinajstić information content (AvgIpc) is 0.866. The Labute approximate surface area is 611 Å². The molecule has 0 radical (unpaired) electrons. The maximum absolute atomic E-state index is 13.1. The summed E-state index contributed by atoms with van der Waals surface area (Å²) >= 11 is 0. The Hall–Kier alpha value is -2.64. The van der Waals surface area contributed by atoms with E-state index in [1.54, 1.807) is 6.08 Å². The summed E-state index contributed by atoms with van der Waals surface area (Å²) in [5.41, 5.74) is 0. The molecule has 7 unspecified atom stereocenters. The Balaban J connectivity index is 1.88. The molecule has 11 nitrogen and oxygen atoms in total. The van der Waals surface area contributed by atoms with Crippen LogP contribution in [-0.2, 0) is 23.8 Å². The molecule has 99 heavy (non-hydrogen) atoms. The largest absolute Gasteiger partial charge is 0.466 e. The highest BCUT2D eigenvalue weighted by atomic mass is 16.7. The molecule has 6 N–H and O–H groups in total. The molecule has 0 saturated carbocycles. The van der Waals surface area contributed by atoms with E-state index in [0.29, 0.717) is 19.4 Å². The number of ether oxygens (including phenoxy) is 3. The minimum Gasteiger partial charge on any atom is -0.466 e. The van der Waals surface area contributed by atoms with Gasteiger partial charge in [-0.15, -0.1) is 0 Å². The molecule has 0 bridgehead atoms. The first-order valence-corrected chi connectivity index (χ1v) is 43.1. The third kappa shape index (κ3) is 64.7. The van der Waals surface area contributed by atoms with Gasteiger partial charge in [0, 0.05) is 12.8 Å². The molecule has 11 heteroatoms. The van der Waals surface area contributed by atoms with Crippen LogP contribution in [0.15, 0.2) is 60.8 Å². The summed E-state index contributed by atoms with van der Waals surface area (Å²) in [5, 5.41) is 54.6. The van der Waals surface area contributed by atoms with E-state index in [-0.39, 0.29) is 18.5 Å². The Kier molecular flexibility index (Phi) is 72.9. The second-order valence-corrected chi connectivity index (χ2v) is 29.9. The molecular formula is C88H163NO10. The van der Waals surface area contributed by atoms with Gasteiger partial charge < -0.3 is 45.1 Å². The van der Waals surface area contributed by atoms with Crippen LogP contribution in [0.2, 0.25) is 0 Å². The van der Waals surface area contributed by atoms with Gasteiger partial charge in [-0.25, -0.2) is 0 Å². The van der Waals surface area contributed by atoms with E-state index in [1.165, 1.54) is 334 Å². The maximum Gasteiger partial charge on any atom is 0.305 e. The molecule has 1 heterocycles. The summed E-state index contributed by atoms with van der Waals surface area (Å²) in [7, 11) is 0. The molecule has 1 aliphatic rings. The Morgan fingerprint density at radius 2 is 0.687 bits per heavy atom. The molecular weight excluding hydrogens is 1230 g/mol.